The quantitative estimate of drug-likeness (QED) is 0.737. The molecule has 1 saturated heterocycles. The molecular formula is C10H16N2OS2. The molecular weight excluding hydrogens is 228 g/mol. The highest BCUT2D eigenvalue weighted by Crippen LogP contribution is 2.48. The van der Waals surface area contributed by atoms with Gasteiger partial charge in [-0.3, -0.25) is 4.79 Å². The molecule has 0 aromatic heterocycles. The molecule has 2 aliphatic rings. The molecule has 2 fully saturated rings. The second-order valence-corrected chi connectivity index (χ2v) is 5.96. The van der Waals surface area contributed by atoms with Crippen molar-refractivity contribution in [3.8, 4) is 0 Å². The Balaban J connectivity index is 2.10. The molecule has 84 valence electrons. The minimum atomic E-state index is -0.467. The van der Waals surface area contributed by atoms with Crippen molar-refractivity contribution in [2.45, 2.75) is 25.8 Å². The summed E-state index contributed by atoms with van der Waals surface area (Å²) < 4.78 is 0. The van der Waals surface area contributed by atoms with Gasteiger partial charge < -0.3 is 10.6 Å². The zero-order valence-corrected chi connectivity index (χ0v) is 10.5. The van der Waals surface area contributed by atoms with Crippen LogP contribution in [0.4, 0.5) is 0 Å². The van der Waals surface area contributed by atoms with Crippen LogP contribution in [0.3, 0.4) is 0 Å². The summed E-state index contributed by atoms with van der Waals surface area (Å²) >= 11 is 6.91. The highest BCUT2D eigenvalue weighted by atomic mass is 32.2. The lowest BCUT2D eigenvalue weighted by Gasteiger charge is -2.35. The first-order valence-corrected chi connectivity index (χ1v) is 6.83. The molecule has 1 saturated carbocycles. The predicted molar refractivity (Wildman–Crippen MR) is 67.0 cm³/mol. The zero-order chi connectivity index (χ0) is 11.1. The Morgan fingerprint density at radius 3 is 2.73 bits per heavy atom. The minimum Gasteiger partial charge on any atom is -0.392 e. The van der Waals surface area contributed by atoms with Gasteiger partial charge in [-0.2, -0.15) is 11.8 Å². The molecule has 0 aromatic carbocycles. The summed E-state index contributed by atoms with van der Waals surface area (Å²) in [7, 11) is 0. The molecule has 0 spiro atoms. The Labute approximate surface area is 99.8 Å². The molecule has 1 aliphatic heterocycles. The van der Waals surface area contributed by atoms with Crippen LogP contribution in [0.1, 0.15) is 19.8 Å². The van der Waals surface area contributed by atoms with E-state index in [1.54, 1.807) is 0 Å². The van der Waals surface area contributed by atoms with Crippen molar-refractivity contribution >= 4 is 34.9 Å². The van der Waals surface area contributed by atoms with Gasteiger partial charge >= 0.3 is 0 Å². The fraction of sp³-hybridized carbons (Fsp3) is 0.800. The molecule has 1 amide bonds. The van der Waals surface area contributed by atoms with Crippen molar-refractivity contribution in [3.63, 3.8) is 0 Å². The fourth-order valence-corrected chi connectivity index (χ4v) is 3.30. The highest BCUT2D eigenvalue weighted by molar-refractivity contribution is 7.99. The van der Waals surface area contributed by atoms with Crippen LogP contribution in [0.15, 0.2) is 0 Å². The molecule has 1 atom stereocenters. The molecule has 5 heteroatoms. The van der Waals surface area contributed by atoms with Gasteiger partial charge in [0.1, 0.15) is 0 Å². The maximum Gasteiger partial charge on any atom is 0.235 e. The Morgan fingerprint density at radius 1 is 1.60 bits per heavy atom. The number of hydrogen-bond acceptors (Lipinski definition) is 3. The van der Waals surface area contributed by atoms with E-state index in [-0.39, 0.29) is 5.91 Å². The van der Waals surface area contributed by atoms with Gasteiger partial charge in [0.2, 0.25) is 5.91 Å². The number of thiocarbonyl (C=S) groups is 1. The van der Waals surface area contributed by atoms with Crippen LogP contribution in [-0.2, 0) is 4.79 Å². The molecule has 3 nitrogen and oxygen atoms in total. The maximum absolute atomic E-state index is 12.3. The van der Waals surface area contributed by atoms with Gasteiger partial charge in [0.25, 0.3) is 0 Å². The second kappa shape index (κ2) is 3.94. The van der Waals surface area contributed by atoms with Crippen molar-refractivity contribution in [1.29, 1.82) is 0 Å². The van der Waals surface area contributed by atoms with E-state index in [0.29, 0.717) is 11.0 Å². The molecule has 1 unspecified atom stereocenters. The van der Waals surface area contributed by atoms with Gasteiger partial charge in [-0.15, -0.1) is 0 Å². The highest BCUT2D eigenvalue weighted by Gasteiger charge is 2.55. The summed E-state index contributed by atoms with van der Waals surface area (Å²) in [6.07, 6.45) is 1.69. The summed E-state index contributed by atoms with van der Waals surface area (Å²) in [5, 5.41) is 0. The third-order valence-electron chi connectivity index (χ3n) is 3.26. The van der Waals surface area contributed by atoms with E-state index in [0.717, 1.165) is 30.9 Å². The first-order valence-electron chi connectivity index (χ1n) is 5.27. The number of nitrogens with zero attached hydrogens (tertiary/aromatic N) is 1. The lowest BCUT2D eigenvalue weighted by atomic mass is 10.0. The van der Waals surface area contributed by atoms with Crippen LogP contribution in [-0.4, -0.2) is 39.9 Å². The number of carbonyl (C=O) groups excluding carboxylic acids is 1. The van der Waals surface area contributed by atoms with E-state index in [1.807, 2.05) is 16.7 Å². The smallest absolute Gasteiger partial charge is 0.235 e. The van der Waals surface area contributed by atoms with Gasteiger partial charge in [0.05, 0.1) is 10.4 Å². The number of carbonyl (C=O) groups is 1. The molecule has 15 heavy (non-hydrogen) atoms. The van der Waals surface area contributed by atoms with Crippen LogP contribution < -0.4 is 5.73 Å². The van der Waals surface area contributed by atoms with Gasteiger partial charge in [-0.1, -0.05) is 12.2 Å². The summed E-state index contributed by atoms with van der Waals surface area (Å²) in [6.45, 7) is 2.94. The predicted octanol–water partition coefficient (Wildman–Crippen LogP) is 1.02. The molecule has 1 heterocycles. The molecule has 2 rings (SSSR count). The normalized spacial score (nSPS) is 28.6. The summed E-state index contributed by atoms with van der Waals surface area (Å²) in [6, 6.07) is 0.322. The molecule has 0 bridgehead atoms. The van der Waals surface area contributed by atoms with Crippen molar-refractivity contribution < 1.29 is 4.79 Å². The molecule has 0 aromatic rings. The largest absolute Gasteiger partial charge is 0.392 e. The molecule has 2 N–H and O–H groups in total. The lowest BCUT2D eigenvalue weighted by Crippen LogP contribution is -2.50. The summed E-state index contributed by atoms with van der Waals surface area (Å²) in [5.74, 6) is 2.23. The molecule has 0 radical (unpaired) electrons. The van der Waals surface area contributed by atoms with Gasteiger partial charge in [-0.05, 0) is 19.8 Å². The summed E-state index contributed by atoms with van der Waals surface area (Å²) in [5.41, 5.74) is 5.20. The first kappa shape index (κ1) is 11.2. The van der Waals surface area contributed by atoms with E-state index in [9.17, 15) is 4.79 Å². The van der Waals surface area contributed by atoms with Crippen LogP contribution >= 0.6 is 24.0 Å². The van der Waals surface area contributed by atoms with Gasteiger partial charge in [-0.25, -0.2) is 0 Å². The van der Waals surface area contributed by atoms with E-state index >= 15 is 0 Å². The van der Waals surface area contributed by atoms with Crippen molar-refractivity contribution in [1.82, 2.24) is 4.90 Å². The Kier molecular flexibility index (Phi) is 2.94. The average molecular weight is 244 g/mol. The van der Waals surface area contributed by atoms with Crippen LogP contribution in [0.2, 0.25) is 0 Å². The Morgan fingerprint density at radius 2 is 2.27 bits per heavy atom. The standard InChI is InChI=1S/C10H16N2OS2/c1-7-6-15-5-4-12(7)9(13)10(2-3-10)8(11)14/h7H,2-6H2,1H3,(H2,11,14). The van der Waals surface area contributed by atoms with Gasteiger partial charge in [0.15, 0.2) is 0 Å². The average Bonchev–Trinajstić information content (AvgIpc) is 2.98. The van der Waals surface area contributed by atoms with Gasteiger partial charge in [0, 0.05) is 24.1 Å². The molecule has 1 aliphatic carbocycles. The third-order valence-corrected chi connectivity index (χ3v) is 4.84. The van der Waals surface area contributed by atoms with E-state index in [1.165, 1.54) is 0 Å². The Hall–Kier alpha value is -0.290. The van der Waals surface area contributed by atoms with Crippen LogP contribution in [0.25, 0.3) is 0 Å². The second-order valence-electron chi connectivity index (χ2n) is 4.37. The lowest BCUT2D eigenvalue weighted by molar-refractivity contribution is -0.135. The number of thioether (sulfide) groups is 1. The zero-order valence-electron chi connectivity index (χ0n) is 8.86. The SMILES string of the molecule is CC1CSCCN1C(=O)C1(C(N)=S)CC1. The van der Waals surface area contributed by atoms with Crippen LogP contribution in [0.5, 0.6) is 0 Å². The topological polar surface area (TPSA) is 46.3 Å². The monoisotopic (exact) mass is 244 g/mol. The minimum absolute atomic E-state index is 0.169. The summed E-state index contributed by atoms with van der Waals surface area (Å²) in [4.78, 5) is 14.6. The van der Waals surface area contributed by atoms with Crippen molar-refractivity contribution in [3.05, 3.63) is 0 Å². The van der Waals surface area contributed by atoms with E-state index in [2.05, 4.69) is 6.92 Å². The number of nitrogens with two attached hydrogens (primary N) is 1. The fourth-order valence-electron chi connectivity index (χ4n) is 1.99. The van der Waals surface area contributed by atoms with E-state index in [4.69, 9.17) is 18.0 Å². The van der Waals surface area contributed by atoms with Crippen molar-refractivity contribution in [2.24, 2.45) is 11.1 Å². The maximum atomic E-state index is 12.3. The number of hydrogen-bond donors (Lipinski definition) is 1. The number of rotatable bonds is 2. The van der Waals surface area contributed by atoms with Crippen LogP contribution in [0, 0.1) is 5.41 Å². The van der Waals surface area contributed by atoms with E-state index < -0.39 is 5.41 Å². The van der Waals surface area contributed by atoms with Crippen molar-refractivity contribution in [2.75, 3.05) is 18.1 Å². The Bertz CT molecular complexity index is 302. The third kappa shape index (κ3) is 1.87. The first-order chi connectivity index (χ1) is 7.08. The number of amides is 1.